The van der Waals surface area contributed by atoms with Gasteiger partial charge in [0.15, 0.2) is 0 Å². The molecule has 1 N–H and O–H groups in total. The Morgan fingerprint density at radius 1 is 1.33 bits per heavy atom. The van der Waals surface area contributed by atoms with Gasteiger partial charge in [-0.05, 0) is 37.2 Å². The molecule has 3 atom stereocenters. The van der Waals surface area contributed by atoms with Crippen LogP contribution in [0.15, 0.2) is 18.2 Å². The second-order valence-electron chi connectivity index (χ2n) is 5.60. The standard InChI is InChI=1S/C15H21ClFN/c1-10-6-7-14(11(2)8-10)18-9-12-4-3-5-13(16)15(12)17/h3-5,10-11,14,18H,6-9H2,1-2H3. The molecule has 2 rings (SSSR count). The third-order valence-corrected chi connectivity index (χ3v) is 4.31. The minimum absolute atomic E-state index is 0.208. The smallest absolute Gasteiger partial charge is 0.146 e. The van der Waals surface area contributed by atoms with Gasteiger partial charge in [-0.1, -0.05) is 37.6 Å². The van der Waals surface area contributed by atoms with Crippen molar-refractivity contribution in [2.45, 2.75) is 45.7 Å². The summed E-state index contributed by atoms with van der Waals surface area (Å²) in [7, 11) is 0. The van der Waals surface area contributed by atoms with Gasteiger partial charge in [0, 0.05) is 18.2 Å². The fraction of sp³-hybridized carbons (Fsp3) is 0.600. The minimum Gasteiger partial charge on any atom is -0.310 e. The Bertz CT molecular complexity index is 407. The fourth-order valence-electron chi connectivity index (χ4n) is 2.89. The van der Waals surface area contributed by atoms with Gasteiger partial charge in [0.1, 0.15) is 5.82 Å². The maximum absolute atomic E-state index is 13.7. The summed E-state index contributed by atoms with van der Waals surface area (Å²) < 4.78 is 13.7. The molecule has 3 heteroatoms. The van der Waals surface area contributed by atoms with Crippen LogP contribution in [0.3, 0.4) is 0 Å². The van der Waals surface area contributed by atoms with Crippen molar-refractivity contribution in [1.82, 2.24) is 5.32 Å². The van der Waals surface area contributed by atoms with Gasteiger partial charge < -0.3 is 5.32 Å². The normalized spacial score (nSPS) is 28.3. The first-order chi connectivity index (χ1) is 8.58. The van der Waals surface area contributed by atoms with Crippen molar-refractivity contribution in [2.24, 2.45) is 11.8 Å². The van der Waals surface area contributed by atoms with E-state index < -0.39 is 0 Å². The van der Waals surface area contributed by atoms with Crippen LogP contribution >= 0.6 is 11.6 Å². The highest BCUT2D eigenvalue weighted by Gasteiger charge is 2.24. The van der Waals surface area contributed by atoms with Crippen molar-refractivity contribution in [3.63, 3.8) is 0 Å². The molecule has 18 heavy (non-hydrogen) atoms. The molecule has 1 saturated carbocycles. The van der Waals surface area contributed by atoms with Crippen molar-refractivity contribution in [2.75, 3.05) is 0 Å². The Kier molecular flexibility index (Phi) is 4.63. The van der Waals surface area contributed by atoms with E-state index in [0.717, 1.165) is 5.92 Å². The lowest BCUT2D eigenvalue weighted by atomic mass is 9.80. The van der Waals surface area contributed by atoms with Crippen LogP contribution in [0.2, 0.25) is 5.02 Å². The molecule has 0 amide bonds. The number of nitrogens with one attached hydrogen (secondary N) is 1. The molecule has 0 saturated heterocycles. The second kappa shape index (κ2) is 6.03. The second-order valence-corrected chi connectivity index (χ2v) is 6.00. The zero-order valence-corrected chi connectivity index (χ0v) is 11.8. The summed E-state index contributed by atoms with van der Waals surface area (Å²) in [5, 5.41) is 3.69. The van der Waals surface area contributed by atoms with Crippen molar-refractivity contribution < 1.29 is 4.39 Å². The molecule has 100 valence electrons. The van der Waals surface area contributed by atoms with Gasteiger partial charge in [-0.2, -0.15) is 0 Å². The van der Waals surface area contributed by atoms with Gasteiger partial charge in [-0.3, -0.25) is 0 Å². The van der Waals surface area contributed by atoms with E-state index >= 15 is 0 Å². The Morgan fingerprint density at radius 3 is 2.83 bits per heavy atom. The SMILES string of the molecule is CC1CCC(NCc2cccc(Cl)c2F)C(C)C1. The van der Waals surface area contributed by atoms with Gasteiger partial charge in [-0.15, -0.1) is 0 Å². The van der Waals surface area contributed by atoms with Crippen LogP contribution in [0.25, 0.3) is 0 Å². The fourth-order valence-corrected chi connectivity index (χ4v) is 3.09. The molecular weight excluding hydrogens is 249 g/mol. The van der Waals surface area contributed by atoms with Crippen LogP contribution < -0.4 is 5.32 Å². The molecule has 1 aromatic rings. The third kappa shape index (κ3) is 3.24. The summed E-state index contributed by atoms with van der Waals surface area (Å²) in [6.07, 6.45) is 3.71. The van der Waals surface area contributed by atoms with Crippen molar-refractivity contribution in [3.05, 3.63) is 34.6 Å². The number of halogens is 2. The summed E-state index contributed by atoms with van der Waals surface area (Å²) in [5.41, 5.74) is 0.660. The van der Waals surface area contributed by atoms with Crippen molar-refractivity contribution in [3.8, 4) is 0 Å². The Labute approximate surface area is 114 Å². The van der Waals surface area contributed by atoms with Crippen LogP contribution in [0.4, 0.5) is 4.39 Å². The Hall–Kier alpha value is -0.600. The van der Waals surface area contributed by atoms with Gasteiger partial charge in [0.05, 0.1) is 5.02 Å². The largest absolute Gasteiger partial charge is 0.310 e. The van der Waals surface area contributed by atoms with Crippen LogP contribution in [-0.4, -0.2) is 6.04 Å². The molecule has 1 nitrogen and oxygen atoms in total. The van der Waals surface area contributed by atoms with E-state index in [2.05, 4.69) is 19.2 Å². The first-order valence-corrected chi connectivity index (χ1v) is 7.12. The Morgan fingerprint density at radius 2 is 2.11 bits per heavy atom. The molecule has 3 unspecified atom stereocenters. The topological polar surface area (TPSA) is 12.0 Å². The predicted octanol–water partition coefficient (Wildman–Crippen LogP) is 4.39. The number of hydrogen-bond acceptors (Lipinski definition) is 1. The molecule has 1 fully saturated rings. The van der Waals surface area contributed by atoms with Gasteiger partial charge in [0.2, 0.25) is 0 Å². The monoisotopic (exact) mass is 269 g/mol. The van der Waals surface area contributed by atoms with E-state index in [9.17, 15) is 4.39 Å². The predicted molar refractivity (Wildman–Crippen MR) is 74.2 cm³/mol. The highest BCUT2D eigenvalue weighted by Crippen LogP contribution is 2.29. The average molecular weight is 270 g/mol. The number of benzene rings is 1. The summed E-state index contributed by atoms with van der Waals surface area (Å²) in [5.74, 6) is 1.19. The van der Waals surface area contributed by atoms with Crippen molar-refractivity contribution >= 4 is 11.6 Å². The molecule has 0 heterocycles. The molecular formula is C15H21ClFN. The van der Waals surface area contributed by atoms with E-state index in [0.29, 0.717) is 24.1 Å². The van der Waals surface area contributed by atoms with E-state index in [4.69, 9.17) is 11.6 Å². The first kappa shape index (κ1) is 13.8. The van der Waals surface area contributed by atoms with Crippen LogP contribution in [-0.2, 0) is 6.54 Å². The summed E-state index contributed by atoms with van der Waals surface area (Å²) in [6, 6.07) is 5.68. The van der Waals surface area contributed by atoms with Crippen LogP contribution in [0.5, 0.6) is 0 Å². The van der Waals surface area contributed by atoms with Gasteiger partial charge >= 0.3 is 0 Å². The molecule has 1 aromatic carbocycles. The third-order valence-electron chi connectivity index (χ3n) is 4.02. The molecule has 0 bridgehead atoms. The Balaban J connectivity index is 1.93. The lowest BCUT2D eigenvalue weighted by Gasteiger charge is -2.33. The lowest BCUT2D eigenvalue weighted by molar-refractivity contribution is 0.226. The van der Waals surface area contributed by atoms with E-state index in [1.807, 2.05) is 0 Å². The zero-order chi connectivity index (χ0) is 13.1. The highest BCUT2D eigenvalue weighted by atomic mass is 35.5. The molecule has 0 spiro atoms. The number of rotatable bonds is 3. The molecule has 1 aliphatic carbocycles. The zero-order valence-electron chi connectivity index (χ0n) is 11.0. The van der Waals surface area contributed by atoms with Gasteiger partial charge in [-0.25, -0.2) is 4.39 Å². The quantitative estimate of drug-likeness (QED) is 0.858. The summed E-state index contributed by atoms with van der Waals surface area (Å²) in [6.45, 7) is 5.15. The molecule has 0 radical (unpaired) electrons. The van der Waals surface area contributed by atoms with Crippen LogP contribution in [0.1, 0.15) is 38.7 Å². The van der Waals surface area contributed by atoms with E-state index in [1.54, 1.807) is 18.2 Å². The minimum atomic E-state index is -0.288. The average Bonchev–Trinajstić information content (AvgIpc) is 2.33. The van der Waals surface area contributed by atoms with Crippen LogP contribution in [0, 0.1) is 17.7 Å². The molecule has 1 aliphatic rings. The summed E-state index contributed by atoms with van der Waals surface area (Å²) >= 11 is 5.78. The van der Waals surface area contributed by atoms with E-state index in [-0.39, 0.29) is 10.8 Å². The molecule has 0 aromatic heterocycles. The van der Waals surface area contributed by atoms with Crippen molar-refractivity contribution in [1.29, 1.82) is 0 Å². The number of hydrogen-bond donors (Lipinski definition) is 1. The summed E-state index contributed by atoms with van der Waals surface area (Å²) in [4.78, 5) is 0. The van der Waals surface area contributed by atoms with Gasteiger partial charge in [0.25, 0.3) is 0 Å². The maximum Gasteiger partial charge on any atom is 0.146 e. The molecule has 0 aliphatic heterocycles. The maximum atomic E-state index is 13.7. The first-order valence-electron chi connectivity index (χ1n) is 6.74. The lowest BCUT2D eigenvalue weighted by Crippen LogP contribution is -2.38. The van der Waals surface area contributed by atoms with E-state index in [1.165, 1.54) is 19.3 Å². The highest BCUT2D eigenvalue weighted by molar-refractivity contribution is 6.30.